The lowest BCUT2D eigenvalue weighted by Crippen LogP contribution is -2.08. The standard InChI is InChI=1S/C16H14N10OS2/c1-8-19-16(29-24-8)23-20-10-4-11(13(27)5-12(10)26(2)3)21-22-15-9-6-17-7-18-14(9)25-28-15/h4-7,27H,1-3H3/b22-21+,23-20+. The van der Waals surface area contributed by atoms with E-state index >= 15 is 0 Å². The molecule has 13 heteroatoms. The Morgan fingerprint density at radius 3 is 2.59 bits per heavy atom. The average Bonchev–Trinajstić information content (AvgIpc) is 3.31. The van der Waals surface area contributed by atoms with Crippen molar-refractivity contribution in [2.45, 2.75) is 6.92 Å². The SMILES string of the molecule is Cc1nsc(/N=N/c2cc(/N=N/c3snc4ncncc34)c(O)cc2N(C)C)n1. The van der Waals surface area contributed by atoms with E-state index in [2.05, 4.69) is 44.2 Å². The van der Waals surface area contributed by atoms with Gasteiger partial charge in [-0.15, -0.1) is 20.5 Å². The lowest BCUT2D eigenvalue weighted by Gasteiger charge is -2.15. The summed E-state index contributed by atoms with van der Waals surface area (Å²) >= 11 is 2.31. The molecule has 0 saturated carbocycles. The van der Waals surface area contributed by atoms with E-state index in [9.17, 15) is 5.11 Å². The van der Waals surface area contributed by atoms with Crippen LogP contribution in [0.1, 0.15) is 5.82 Å². The summed E-state index contributed by atoms with van der Waals surface area (Å²) in [5.41, 5.74) is 1.97. The summed E-state index contributed by atoms with van der Waals surface area (Å²) in [6, 6.07) is 3.16. The number of rotatable bonds is 5. The van der Waals surface area contributed by atoms with E-state index in [4.69, 9.17) is 0 Å². The number of hydrogen-bond acceptors (Lipinski definition) is 13. The fourth-order valence-electron chi connectivity index (χ4n) is 2.35. The van der Waals surface area contributed by atoms with E-state index < -0.39 is 0 Å². The summed E-state index contributed by atoms with van der Waals surface area (Å²) in [6.45, 7) is 1.79. The Labute approximate surface area is 172 Å². The highest BCUT2D eigenvalue weighted by Gasteiger charge is 2.12. The summed E-state index contributed by atoms with van der Waals surface area (Å²) < 4.78 is 8.27. The number of phenols is 1. The number of anilines is 1. The fourth-order valence-corrected chi connectivity index (χ4v) is 3.49. The summed E-state index contributed by atoms with van der Waals surface area (Å²) in [5, 5.41) is 28.8. The van der Waals surface area contributed by atoms with Crippen LogP contribution in [0.4, 0.5) is 27.2 Å². The highest BCUT2D eigenvalue weighted by Crippen LogP contribution is 2.41. The van der Waals surface area contributed by atoms with Crippen LogP contribution in [0.3, 0.4) is 0 Å². The quantitative estimate of drug-likeness (QED) is 0.450. The van der Waals surface area contributed by atoms with Gasteiger partial charge in [0.25, 0.3) is 0 Å². The van der Waals surface area contributed by atoms with Crippen LogP contribution >= 0.6 is 23.1 Å². The Balaban J connectivity index is 1.70. The average molecular weight is 426 g/mol. The normalized spacial score (nSPS) is 11.8. The molecule has 1 N–H and O–H groups in total. The molecule has 146 valence electrons. The molecule has 0 aliphatic rings. The van der Waals surface area contributed by atoms with Gasteiger partial charge in [0.15, 0.2) is 10.6 Å². The molecule has 0 radical (unpaired) electrons. The third-order valence-corrected chi connectivity index (χ3v) is 5.13. The molecule has 0 aliphatic heterocycles. The second-order valence-corrected chi connectivity index (χ2v) is 7.48. The van der Waals surface area contributed by atoms with E-state index in [1.807, 2.05) is 19.0 Å². The number of aromatic hydroxyl groups is 1. The van der Waals surface area contributed by atoms with Gasteiger partial charge in [0.05, 0.1) is 11.1 Å². The molecule has 0 amide bonds. The third kappa shape index (κ3) is 4.05. The summed E-state index contributed by atoms with van der Waals surface area (Å²) in [5.74, 6) is 0.603. The van der Waals surface area contributed by atoms with Gasteiger partial charge < -0.3 is 10.0 Å². The molecule has 0 bridgehead atoms. The molecule has 4 rings (SSSR count). The van der Waals surface area contributed by atoms with Crippen molar-refractivity contribution in [1.29, 1.82) is 0 Å². The van der Waals surface area contributed by atoms with E-state index in [1.165, 1.54) is 6.33 Å². The number of azo groups is 2. The number of hydrogen-bond donors (Lipinski definition) is 1. The van der Waals surface area contributed by atoms with Crippen molar-refractivity contribution < 1.29 is 5.11 Å². The van der Waals surface area contributed by atoms with Gasteiger partial charge >= 0.3 is 0 Å². The molecule has 1 aromatic carbocycles. The Morgan fingerprint density at radius 1 is 1.00 bits per heavy atom. The van der Waals surface area contributed by atoms with Crippen molar-refractivity contribution in [3.8, 4) is 5.75 Å². The van der Waals surface area contributed by atoms with E-state index in [0.717, 1.165) is 23.1 Å². The summed E-state index contributed by atoms with van der Waals surface area (Å²) in [6.07, 6.45) is 3.05. The van der Waals surface area contributed by atoms with Crippen LogP contribution in [0.25, 0.3) is 11.0 Å². The van der Waals surface area contributed by atoms with Crippen molar-refractivity contribution in [1.82, 2.24) is 23.7 Å². The molecule has 0 saturated heterocycles. The second-order valence-electron chi connectivity index (χ2n) is 6.00. The van der Waals surface area contributed by atoms with E-state index in [-0.39, 0.29) is 11.4 Å². The molecular formula is C16H14N10OS2. The number of aryl methyl sites for hydroxylation is 1. The molecule has 0 fully saturated rings. The van der Waals surface area contributed by atoms with Gasteiger partial charge in [-0.25, -0.2) is 15.0 Å². The minimum absolute atomic E-state index is 0.0340. The molecule has 29 heavy (non-hydrogen) atoms. The predicted octanol–water partition coefficient (Wildman–Crippen LogP) is 4.85. The zero-order valence-corrected chi connectivity index (χ0v) is 17.2. The minimum atomic E-state index is -0.0340. The fraction of sp³-hybridized carbons (Fsp3) is 0.188. The maximum Gasteiger partial charge on any atom is 0.249 e. The predicted molar refractivity (Wildman–Crippen MR) is 111 cm³/mol. The number of aromatic nitrogens is 5. The minimum Gasteiger partial charge on any atom is -0.506 e. The van der Waals surface area contributed by atoms with Gasteiger partial charge in [-0.1, -0.05) is 0 Å². The number of phenolic OH excluding ortho intramolecular Hbond substituents is 1. The summed E-state index contributed by atoms with van der Waals surface area (Å²) in [4.78, 5) is 14.0. The number of benzene rings is 1. The topological polar surface area (TPSA) is 137 Å². The van der Waals surface area contributed by atoms with E-state index in [0.29, 0.717) is 38.4 Å². The zero-order valence-electron chi connectivity index (χ0n) is 15.5. The lowest BCUT2D eigenvalue weighted by atomic mass is 10.2. The van der Waals surface area contributed by atoms with Crippen LogP contribution < -0.4 is 4.90 Å². The van der Waals surface area contributed by atoms with Crippen molar-refractivity contribution in [2.75, 3.05) is 19.0 Å². The largest absolute Gasteiger partial charge is 0.506 e. The van der Waals surface area contributed by atoms with Gasteiger partial charge in [0.1, 0.15) is 29.3 Å². The first-order chi connectivity index (χ1) is 14.0. The van der Waals surface area contributed by atoms with Crippen molar-refractivity contribution in [3.63, 3.8) is 0 Å². The van der Waals surface area contributed by atoms with Crippen LogP contribution in [-0.4, -0.2) is 42.9 Å². The smallest absolute Gasteiger partial charge is 0.249 e. The Kier molecular flexibility index (Phi) is 5.14. The van der Waals surface area contributed by atoms with Gasteiger partial charge in [-0.05, 0) is 24.5 Å². The molecule has 0 aliphatic carbocycles. The number of fused-ring (bicyclic) bond motifs is 1. The first-order valence-corrected chi connectivity index (χ1v) is 9.79. The maximum absolute atomic E-state index is 10.4. The highest BCUT2D eigenvalue weighted by molar-refractivity contribution is 7.11. The van der Waals surface area contributed by atoms with Crippen molar-refractivity contribution >= 4 is 61.3 Å². The third-order valence-electron chi connectivity index (χ3n) is 3.70. The van der Waals surface area contributed by atoms with Crippen LogP contribution in [0, 0.1) is 6.92 Å². The zero-order chi connectivity index (χ0) is 20.4. The maximum atomic E-state index is 10.4. The Hall–Kier alpha value is -3.45. The number of nitrogens with zero attached hydrogens (tertiary/aromatic N) is 10. The molecule has 11 nitrogen and oxygen atoms in total. The molecule has 0 spiro atoms. The molecule has 0 atom stereocenters. The lowest BCUT2D eigenvalue weighted by molar-refractivity contribution is 0.476. The second kappa shape index (κ2) is 7.89. The van der Waals surface area contributed by atoms with Crippen LogP contribution in [0.15, 0.2) is 45.1 Å². The first-order valence-electron chi connectivity index (χ1n) is 8.25. The highest BCUT2D eigenvalue weighted by atomic mass is 32.1. The van der Waals surface area contributed by atoms with Crippen molar-refractivity contribution in [2.24, 2.45) is 20.5 Å². The summed E-state index contributed by atoms with van der Waals surface area (Å²) in [7, 11) is 3.68. The van der Waals surface area contributed by atoms with Gasteiger partial charge in [0, 0.05) is 37.9 Å². The van der Waals surface area contributed by atoms with Gasteiger partial charge in [0.2, 0.25) is 5.13 Å². The Morgan fingerprint density at radius 2 is 1.83 bits per heavy atom. The van der Waals surface area contributed by atoms with Gasteiger partial charge in [-0.2, -0.15) is 8.75 Å². The molecule has 4 aromatic rings. The molecule has 3 aromatic heterocycles. The molecule has 3 heterocycles. The van der Waals surface area contributed by atoms with Gasteiger partial charge in [-0.3, -0.25) is 0 Å². The molecule has 0 unspecified atom stereocenters. The van der Waals surface area contributed by atoms with Crippen LogP contribution in [-0.2, 0) is 0 Å². The Bertz CT molecular complexity index is 1230. The van der Waals surface area contributed by atoms with Crippen LogP contribution in [0.2, 0.25) is 0 Å². The van der Waals surface area contributed by atoms with Crippen LogP contribution in [0.5, 0.6) is 5.75 Å². The monoisotopic (exact) mass is 426 g/mol. The van der Waals surface area contributed by atoms with Crippen molar-refractivity contribution in [3.05, 3.63) is 30.5 Å². The van der Waals surface area contributed by atoms with E-state index in [1.54, 1.807) is 25.3 Å². The first kappa shape index (κ1) is 18.9. The molecular weight excluding hydrogens is 412 g/mol.